The second kappa shape index (κ2) is 13.7. The number of hydrogen-bond acceptors (Lipinski definition) is 6. The van der Waals surface area contributed by atoms with E-state index in [1.165, 1.54) is 6.07 Å². The number of benzene rings is 3. The lowest BCUT2D eigenvalue weighted by atomic mass is 10.0. The van der Waals surface area contributed by atoms with Gasteiger partial charge in [0.05, 0.1) is 0 Å². The standard InChI is InChI=1S/C34H33NO6/c1-35-34(37)28-17-15-27(16-18-28)26-13-10-24(11-14-26)12-19-31-33(40-22-25-7-3-2-4-8-25)30(36)21-29(41-31)23-39-32-9-5-6-20-38-32/h2-4,7-8,10-19,21,32H,5-6,9,20,22-23H2,1H3,(H,35,37). The molecule has 7 nitrogen and oxygen atoms in total. The molecule has 0 radical (unpaired) electrons. The van der Waals surface area contributed by atoms with Crippen LogP contribution < -0.4 is 15.5 Å². The normalized spacial score (nSPS) is 15.1. The van der Waals surface area contributed by atoms with Crippen molar-refractivity contribution < 1.29 is 23.4 Å². The van der Waals surface area contributed by atoms with Crippen LogP contribution in [0.2, 0.25) is 0 Å². The molecule has 1 atom stereocenters. The largest absolute Gasteiger partial charge is 0.481 e. The third kappa shape index (κ3) is 7.60. The first kappa shape index (κ1) is 28.1. The maximum atomic E-state index is 13.1. The Labute approximate surface area is 239 Å². The van der Waals surface area contributed by atoms with Crippen molar-refractivity contribution in [2.45, 2.75) is 38.8 Å². The minimum atomic E-state index is -0.291. The smallest absolute Gasteiger partial charge is 0.251 e. The molecule has 0 bridgehead atoms. The van der Waals surface area contributed by atoms with Crippen molar-refractivity contribution in [1.29, 1.82) is 0 Å². The van der Waals surface area contributed by atoms with Crippen molar-refractivity contribution in [3.8, 4) is 16.9 Å². The van der Waals surface area contributed by atoms with Crippen molar-refractivity contribution in [1.82, 2.24) is 5.32 Å². The summed E-state index contributed by atoms with van der Waals surface area (Å²) in [4.78, 5) is 24.9. The van der Waals surface area contributed by atoms with Crippen molar-refractivity contribution in [2.75, 3.05) is 13.7 Å². The summed E-state index contributed by atoms with van der Waals surface area (Å²) in [6.45, 7) is 1.05. The van der Waals surface area contributed by atoms with Crippen LogP contribution >= 0.6 is 0 Å². The molecule has 4 aromatic rings. The molecule has 0 saturated carbocycles. The van der Waals surface area contributed by atoms with Crippen LogP contribution in [0.1, 0.15) is 52.3 Å². The van der Waals surface area contributed by atoms with Gasteiger partial charge in [-0.25, -0.2) is 0 Å². The fourth-order valence-electron chi connectivity index (χ4n) is 4.54. The molecule has 1 fully saturated rings. The quantitative estimate of drug-likeness (QED) is 0.243. The van der Waals surface area contributed by atoms with E-state index < -0.39 is 0 Å². The highest BCUT2D eigenvalue weighted by molar-refractivity contribution is 5.94. The number of ether oxygens (including phenoxy) is 3. The fraction of sp³-hybridized carbons (Fsp3) is 0.235. The molecule has 5 rings (SSSR count). The molecule has 1 saturated heterocycles. The molecule has 1 N–H and O–H groups in total. The minimum absolute atomic E-state index is 0.117. The first-order valence-electron chi connectivity index (χ1n) is 13.8. The van der Waals surface area contributed by atoms with Gasteiger partial charge in [0.1, 0.15) is 19.0 Å². The van der Waals surface area contributed by atoms with Crippen LogP contribution in [0.15, 0.2) is 94.1 Å². The Morgan fingerprint density at radius 2 is 1.66 bits per heavy atom. The predicted octanol–water partition coefficient (Wildman–Crippen LogP) is 6.46. The molecule has 1 aliphatic heterocycles. The number of amides is 1. The summed E-state index contributed by atoms with van der Waals surface area (Å²) < 4.78 is 23.5. The highest BCUT2D eigenvalue weighted by Crippen LogP contribution is 2.24. The lowest BCUT2D eigenvalue weighted by Crippen LogP contribution is -2.22. The van der Waals surface area contributed by atoms with Gasteiger partial charge in [-0.15, -0.1) is 0 Å². The van der Waals surface area contributed by atoms with E-state index in [0.717, 1.165) is 41.5 Å². The molecule has 1 aromatic heterocycles. The average molecular weight is 552 g/mol. The average Bonchev–Trinajstić information content (AvgIpc) is 3.03. The molecule has 1 amide bonds. The van der Waals surface area contributed by atoms with E-state index in [4.69, 9.17) is 18.6 Å². The molecule has 210 valence electrons. The lowest BCUT2D eigenvalue weighted by Gasteiger charge is -2.22. The van der Waals surface area contributed by atoms with Gasteiger partial charge in [-0.2, -0.15) is 0 Å². The van der Waals surface area contributed by atoms with Gasteiger partial charge in [0.2, 0.25) is 11.2 Å². The summed E-state index contributed by atoms with van der Waals surface area (Å²) in [5, 5.41) is 2.63. The maximum Gasteiger partial charge on any atom is 0.251 e. The SMILES string of the molecule is CNC(=O)c1ccc(-c2ccc(C=Cc3oc(COC4CCCCO4)cc(=O)c3OCc3ccccc3)cc2)cc1. The lowest BCUT2D eigenvalue weighted by molar-refractivity contribution is -0.171. The van der Waals surface area contributed by atoms with Gasteiger partial charge in [0.25, 0.3) is 5.91 Å². The number of hydrogen-bond donors (Lipinski definition) is 1. The molecule has 1 unspecified atom stereocenters. The summed E-state index contributed by atoms with van der Waals surface area (Å²) in [6.07, 6.45) is 6.23. The van der Waals surface area contributed by atoms with Crippen LogP contribution in [0.3, 0.4) is 0 Å². The third-order valence-corrected chi connectivity index (χ3v) is 6.80. The Morgan fingerprint density at radius 3 is 2.34 bits per heavy atom. The molecule has 3 aromatic carbocycles. The summed E-state index contributed by atoms with van der Waals surface area (Å²) in [5.41, 5.74) is 4.23. The molecule has 2 heterocycles. The Hall–Kier alpha value is -4.46. The zero-order valence-corrected chi connectivity index (χ0v) is 23.0. The van der Waals surface area contributed by atoms with Gasteiger partial charge in [-0.3, -0.25) is 9.59 Å². The molecular weight excluding hydrogens is 518 g/mol. The molecule has 1 aliphatic rings. The summed E-state index contributed by atoms with van der Waals surface area (Å²) in [5.74, 6) is 0.765. The Bertz CT molecular complexity index is 1520. The van der Waals surface area contributed by atoms with Crippen LogP contribution in [0.5, 0.6) is 5.75 Å². The van der Waals surface area contributed by atoms with Crippen molar-refractivity contribution in [3.63, 3.8) is 0 Å². The number of rotatable bonds is 10. The van der Waals surface area contributed by atoms with Crippen LogP contribution in [0.4, 0.5) is 0 Å². The highest BCUT2D eigenvalue weighted by Gasteiger charge is 2.17. The zero-order chi connectivity index (χ0) is 28.4. The van der Waals surface area contributed by atoms with Gasteiger partial charge < -0.3 is 23.9 Å². The van der Waals surface area contributed by atoms with Crippen molar-refractivity contribution >= 4 is 18.1 Å². The number of nitrogens with one attached hydrogen (secondary N) is 1. The summed E-state index contributed by atoms with van der Waals surface area (Å²) >= 11 is 0. The van der Waals surface area contributed by atoms with Gasteiger partial charge >= 0.3 is 0 Å². The topological polar surface area (TPSA) is 87.0 Å². The second-order valence-corrected chi connectivity index (χ2v) is 9.76. The summed E-state index contributed by atoms with van der Waals surface area (Å²) in [6, 6.07) is 26.5. The molecule has 41 heavy (non-hydrogen) atoms. The van der Waals surface area contributed by atoms with Crippen molar-refractivity contribution in [3.05, 3.63) is 123 Å². The van der Waals surface area contributed by atoms with E-state index in [1.54, 1.807) is 25.3 Å². The number of carbonyl (C=O) groups excluding carboxylic acids is 1. The third-order valence-electron chi connectivity index (χ3n) is 6.80. The van der Waals surface area contributed by atoms with Crippen LogP contribution in [-0.4, -0.2) is 25.9 Å². The summed E-state index contributed by atoms with van der Waals surface area (Å²) in [7, 11) is 1.61. The Morgan fingerprint density at radius 1 is 0.927 bits per heavy atom. The van der Waals surface area contributed by atoms with Crippen molar-refractivity contribution in [2.24, 2.45) is 0 Å². The Kier molecular flexibility index (Phi) is 9.41. The van der Waals surface area contributed by atoms with Crippen LogP contribution in [-0.2, 0) is 22.7 Å². The van der Waals surface area contributed by atoms with Gasteiger partial charge in [-0.1, -0.05) is 72.8 Å². The van der Waals surface area contributed by atoms with Gasteiger partial charge in [0.15, 0.2) is 12.1 Å². The molecular formula is C34H33NO6. The first-order valence-corrected chi connectivity index (χ1v) is 13.8. The highest BCUT2D eigenvalue weighted by atomic mass is 16.7. The van der Waals surface area contributed by atoms with E-state index in [2.05, 4.69) is 5.32 Å². The predicted molar refractivity (Wildman–Crippen MR) is 158 cm³/mol. The molecule has 0 spiro atoms. The fourth-order valence-corrected chi connectivity index (χ4v) is 4.54. The maximum absolute atomic E-state index is 13.1. The molecule has 7 heteroatoms. The van der Waals surface area contributed by atoms with Crippen LogP contribution in [0, 0.1) is 0 Å². The van der Waals surface area contributed by atoms with E-state index in [1.807, 2.05) is 72.8 Å². The first-order chi connectivity index (χ1) is 20.1. The van der Waals surface area contributed by atoms with Gasteiger partial charge in [0, 0.05) is 25.3 Å². The molecule has 0 aliphatic carbocycles. The minimum Gasteiger partial charge on any atom is -0.481 e. The Balaban J connectivity index is 1.35. The van der Waals surface area contributed by atoms with Gasteiger partial charge in [-0.05, 0) is 59.7 Å². The van der Waals surface area contributed by atoms with E-state index in [-0.39, 0.29) is 36.6 Å². The monoisotopic (exact) mass is 551 g/mol. The van der Waals surface area contributed by atoms with E-state index in [0.29, 0.717) is 23.7 Å². The zero-order valence-electron chi connectivity index (χ0n) is 23.0. The van der Waals surface area contributed by atoms with Crippen LogP contribution in [0.25, 0.3) is 23.3 Å². The number of carbonyl (C=O) groups is 1. The van der Waals surface area contributed by atoms with E-state index >= 15 is 0 Å². The second-order valence-electron chi connectivity index (χ2n) is 9.76. The van der Waals surface area contributed by atoms with E-state index in [9.17, 15) is 9.59 Å².